The zero-order chi connectivity index (χ0) is 14.1. The first-order chi connectivity index (χ1) is 9.19. The molecule has 0 atom stereocenters. The minimum absolute atomic E-state index is 0.559. The summed E-state index contributed by atoms with van der Waals surface area (Å²) in [6, 6.07) is 4.16. The number of halogens is 2. The van der Waals surface area contributed by atoms with Crippen LogP contribution in [0.2, 0.25) is 0 Å². The first-order valence-corrected chi connectivity index (χ1v) is 8.16. The number of nitrogens with one attached hydrogen (secondary N) is 1. The maximum absolute atomic E-state index is 5.73. The average Bonchev–Trinajstić information content (AvgIpc) is 2.38. The van der Waals surface area contributed by atoms with E-state index >= 15 is 0 Å². The fraction of sp³-hybridized carbons (Fsp3) is 0.571. The molecular formula is C14H21Br2NO2. The smallest absolute Gasteiger partial charge is 0.147 e. The van der Waals surface area contributed by atoms with Gasteiger partial charge in [-0.3, -0.25) is 0 Å². The van der Waals surface area contributed by atoms with Crippen molar-refractivity contribution in [3.05, 3.63) is 26.6 Å². The molecule has 1 N–H and O–H groups in total. The van der Waals surface area contributed by atoms with Gasteiger partial charge in [0.1, 0.15) is 12.4 Å². The minimum Gasteiger partial charge on any atom is -0.489 e. The van der Waals surface area contributed by atoms with Gasteiger partial charge in [0.25, 0.3) is 0 Å². The molecule has 19 heavy (non-hydrogen) atoms. The van der Waals surface area contributed by atoms with E-state index in [-0.39, 0.29) is 0 Å². The Bertz CT molecular complexity index is 363. The summed E-state index contributed by atoms with van der Waals surface area (Å²) in [5.41, 5.74) is 1.22. The van der Waals surface area contributed by atoms with Gasteiger partial charge in [0, 0.05) is 13.2 Å². The van der Waals surface area contributed by atoms with Gasteiger partial charge in [0.15, 0.2) is 0 Å². The average molecular weight is 395 g/mol. The number of hydrogen-bond donors (Lipinski definition) is 1. The zero-order valence-electron chi connectivity index (χ0n) is 11.5. The van der Waals surface area contributed by atoms with Crippen molar-refractivity contribution in [1.82, 2.24) is 5.32 Å². The Balaban J connectivity index is 2.53. The van der Waals surface area contributed by atoms with Crippen molar-refractivity contribution < 1.29 is 9.47 Å². The number of ether oxygens (including phenoxy) is 2. The molecule has 0 aliphatic rings. The summed E-state index contributed by atoms with van der Waals surface area (Å²) in [6.07, 6.45) is 1.03. The fourth-order valence-corrected chi connectivity index (χ4v) is 3.08. The molecule has 1 rings (SSSR count). The minimum atomic E-state index is 0.559. The highest BCUT2D eigenvalue weighted by Crippen LogP contribution is 2.34. The summed E-state index contributed by atoms with van der Waals surface area (Å²) in [4.78, 5) is 0. The monoisotopic (exact) mass is 393 g/mol. The van der Waals surface area contributed by atoms with Crippen molar-refractivity contribution in [2.24, 2.45) is 0 Å². The molecule has 108 valence electrons. The third-order valence-corrected chi connectivity index (χ3v) is 3.64. The van der Waals surface area contributed by atoms with Gasteiger partial charge in [0.05, 0.1) is 15.6 Å². The Hall–Kier alpha value is -0.100. The van der Waals surface area contributed by atoms with Crippen molar-refractivity contribution in [3.63, 3.8) is 0 Å². The van der Waals surface area contributed by atoms with Crippen LogP contribution in [0.1, 0.15) is 25.8 Å². The molecule has 0 radical (unpaired) electrons. The summed E-state index contributed by atoms with van der Waals surface area (Å²) >= 11 is 7.10. The Morgan fingerprint density at radius 1 is 1.05 bits per heavy atom. The standard InChI is InChI=1S/C14H21Br2NO2/c1-3-5-18-6-7-19-14-12(15)8-11(9-13(14)16)10-17-4-2/h8-9,17H,3-7,10H2,1-2H3. The van der Waals surface area contributed by atoms with Crippen molar-refractivity contribution in [2.45, 2.75) is 26.8 Å². The molecule has 0 aliphatic heterocycles. The van der Waals surface area contributed by atoms with Crippen LogP contribution in [0.25, 0.3) is 0 Å². The van der Waals surface area contributed by atoms with Crippen molar-refractivity contribution in [3.8, 4) is 5.75 Å². The molecule has 1 aromatic rings. The van der Waals surface area contributed by atoms with E-state index in [4.69, 9.17) is 9.47 Å². The molecule has 0 saturated carbocycles. The van der Waals surface area contributed by atoms with Crippen molar-refractivity contribution in [2.75, 3.05) is 26.4 Å². The molecule has 0 heterocycles. The summed E-state index contributed by atoms with van der Waals surface area (Å²) in [7, 11) is 0. The molecule has 3 nitrogen and oxygen atoms in total. The highest BCUT2D eigenvalue weighted by molar-refractivity contribution is 9.11. The number of benzene rings is 1. The van der Waals surface area contributed by atoms with E-state index in [0.29, 0.717) is 13.2 Å². The van der Waals surface area contributed by atoms with Gasteiger partial charge in [-0.15, -0.1) is 0 Å². The highest BCUT2D eigenvalue weighted by atomic mass is 79.9. The topological polar surface area (TPSA) is 30.5 Å². The largest absolute Gasteiger partial charge is 0.489 e. The highest BCUT2D eigenvalue weighted by Gasteiger charge is 2.08. The zero-order valence-corrected chi connectivity index (χ0v) is 14.6. The lowest BCUT2D eigenvalue weighted by Crippen LogP contribution is -2.12. The molecular weight excluding hydrogens is 374 g/mol. The molecule has 0 saturated heterocycles. The lowest BCUT2D eigenvalue weighted by Gasteiger charge is -2.12. The molecule has 0 fully saturated rings. The van der Waals surface area contributed by atoms with Gasteiger partial charge >= 0.3 is 0 Å². The van der Waals surface area contributed by atoms with E-state index < -0.39 is 0 Å². The van der Waals surface area contributed by atoms with Crippen LogP contribution in [0, 0.1) is 0 Å². The normalized spacial score (nSPS) is 10.7. The second kappa shape index (κ2) is 9.75. The quantitative estimate of drug-likeness (QED) is 0.639. The lowest BCUT2D eigenvalue weighted by atomic mass is 10.2. The Kier molecular flexibility index (Phi) is 8.70. The summed E-state index contributed by atoms with van der Waals surface area (Å²) in [6.45, 7) is 7.97. The van der Waals surface area contributed by atoms with E-state index in [1.165, 1.54) is 5.56 Å². The van der Waals surface area contributed by atoms with Crippen LogP contribution >= 0.6 is 31.9 Å². The van der Waals surface area contributed by atoms with Crippen molar-refractivity contribution >= 4 is 31.9 Å². The molecule has 5 heteroatoms. The third kappa shape index (κ3) is 6.25. The van der Waals surface area contributed by atoms with Gasteiger partial charge in [0.2, 0.25) is 0 Å². The number of rotatable bonds is 9. The van der Waals surface area contributed by atoms with E-state index in [1.807, 2.05) is 0 Å². The van der Waals surface area contributed by atoms with Gasteiger partial charge in [-0.05, 0) is 62.5 Å². The van der Waals surface area contributed by atoms with Crippen LogP contribution in [-0.4, -0.2) is 26.4 Å². The van der Waals surface area contributed by atoms with Crippen molar-refractivity contribution in [1.29, 1.82) is 0 Å². The van der Waals surface area contributed by atoms with Crippen LogP contribution in [0.15, 0.2) is 21.1 Å². The maximum atomic E-state index is 5.73. The predicted octanol–water partition coefficient (Wildman–Crippen LogP) is 4.13. The van der Waals surface area contributed by atoms with Gasteiger partial charge < -0.3 is 14.8 Å². The lowest BCUT2D eigenvalue weighted by molar-refractivity contribution is 0.100. The van der Waals surface area contributed by atoms with E-state index in [9.17, 15) is 0 Å². The molecule has 0 amide bonds. The first-order valence-electron chi connectivity index (χ1n) is 6.58. The predicted molar refractivity (Wildman–Crippen MR) is 85.8 cm³/mol. The van der Waals surface area contributed by atoms with Crippen LogP contribution < -0.4 is 10.1 Å². The second-order valence-electron chi connectivity index (χ2n) is 4.13. The van der Waals surface area contributed by atoms with E-state index in [1.54, 1.807) is 0 Å². The second-order valence-corrected chi connectivity index (χ2v) is 5.84. The molecule has 0 aromatic heterocycles. The molecule has 1 aromatic carbocycles. The first kappa shape index (κ1) is 17.0. The van der Waals surface area contributed by atoms with E-state index in [0.717, 1.165) is 40.8 Å². The molecule has 0 spiro atoms. The maximum Gasteiger partial charge on any atom is 0.147 e. The third-order valence-electron chi connectivity index (χ3n) is 2.46. The van der Waals surface area contributed by atoms with Gasteiger partial charge in [-0.2, -0.15) is 0 Å². The number of hydrogen-bond acceptors (Lipinski definition) is 3. The van der Waals surface area contributed by atoms with Crippen LogP contribution in [0.4, 0.5) is 0 Å². The Morgan fingerprint density at radius 3 is 2.32 bits per heavy atom. The molecule has 0 aliphatic carbocycles. The fourth-order valence-electron chi connectivity index (χ4n) is 1.57. The summed E-state index contributed by atoms with van der Waals surface area (Å²) in [5.74, 6) is 0.834. The molecule has 0 unspecified atom stereocenters. The van der Waals surface area contributed by atoms with E-state index in [2.05, 4.69) is 63.2 Å². The van der Waals surface area contributed by atoms with Crippen LogP contribution in [0.5, 0.6) is 5.75 Å². The summed E-state index contributed by atoms with van der Waals surface area (Å²) in [5, 5.41) is 3.30. The van der Waals surface area contributed by atoms with Gasteiger partial charge in [-0.1, -0.05) is 13.8 Å². The molecule has 0 bridgehead atoms. The SMILES string of the molecule is CCCOCCOc1c(Br)cc(CNCC)cc1Br. The van der Waals surface area contributed by atoms with Crippen LogP contribution in [0.3, 0.4) is 0 Å². The van der Waals surface area contributed by atoms with Gasteiger partial charge in [-0.25, -0.2) is 0 Å². The Labute approximate surface area is 132 Å². The summed E-state index contributed by atoms with van der Waals surface area (Å²) < 4.78 is 13.1. The van der Waals surface area contributed by atoms with Crippen LogP contribution in [-0.2, 0) is 11.3 Å². The Morgan fingerprint density at radius 2 is 1.74 bits per heavy atom.